The van der Waals surface area contributed by atoms with Gasteiger partial charge in [-0.2, -0.15) is 0 Å². The molecule has 104 valence electrons. The molecule has 2 aromatic rings. The Kier molecular flexibility index (Phi) is 4.74. The van der Waals surface area contributed by atoms with E-state index in [4.69, 9.17) is 0 Å². The number of hydrogen-bond acceptors (Lipinski definition) is 3. The summed E-state index contributed by atoms with van der Waals surface area (Å²) in [5.41, 5.74) is 2.22. The van der Waals surface area contributed by atoms with Crippen molar-refractivity contribution in [1.82, 2.24) is 0 Å². The molecule has 0 aliphatic heterocycles. The van der Waals surface area contributed by atoms with E-state index in [1.54, 1.807) is 30.3 Å². The lowest BCUT2D eigenvalue weighted by molar-refractivity contribution is 0.0601. The van der Waals surface area contributed by atoms with Crippen molar-refractivity contribution in [1.29, 1.82) is 0 Å². The molecule has 0 aliphatic carbocycles. The van der Waals surface area contributed by atoms with Crippen LogP contribution in [0.1, 0.15) is 15.9 Å². The maximum absolute atomic E-state index is 13.1. The Morgan fingerprint density at radius 3 is 2.80 bits per heavy atom. The lowest BCUT2D eigenvalue weighted by atomic mass is 10.2. The molecule has 3 nitrogen and oxygen atoms in total. The summed E-state index contributed by atoms with van der Waals surface area (Å²) in [6.07, 6.45) is 0. The highest BCUT2D eigenvalue weighted by molar-refractivity contribution is 9.10. The molecule has 0 aromatic heterocycles. The predicted octanol–water partition coefficient (Wildman–Crippen LogP) is 3.99. The Balaban J connectivity index is 2.07. The number of halogens is 2. The fraction of sp³-hybridized carbons (Fsp3) is 0.133. The number of esters is 1. The van der Waals surface area contributed by atoms with Gasteiger partial charge in [0, 0.05) is 12.2 Å². The zero-order valence-electron chi connectivity index (χ0n) is 10.8. The number of carbonyl (C=O) groups excluding carboxylic acids is 1. The standard InChI is InChI=1S/C15H13BrFNO2/c1-20-15(19)11-3-2-4-12(8-11)18-9-10-5-6-14(17)13(16)7-10/h2-8,18H,9H2,1H3. The number of ether oxygens (including phenoxy) is 1. The minimum atomic E-state index is -0.377. The van der Waals surface area contributed by atoms with Crippen LogP contribution in [-0.2, 0) is 11.3 Å². The van der Waals surface area contributed by atoms with Gasteiger partial charge in [-0.25, -0.2) is 9.18 Å². The molecule has 1 N–H and O–H groups in total. The van der Waals surface area contributed by atoms with E-state index in [-0.39, 0.29) is 11.8 Å². The van der Waals surface area contributed by atoms with E-state index in [1.807, 2.05) is 6.07 Å². The number of anilines is 1. The maximum atomic E-state index is 13.1. The summed E-state index contributed by atoms with van der Waals surface area (Å²) in [7, 11) is 1.35. The quantitative estimate of drug-likeness (QED) is 0.857. The second-order valence-electron chi connectivity index (χ2n) is 4.17. The smallest absolute Gasteiger partial charge is 0.337 e. The molecule has 0 unspecified atom stereocenters. The van der Waals surface area contributed by atoms with E-state index in [0.717, 1.165) is 11.3 Å². The molecule has 5 heteroatoms. The average molecular weight is 338 g/mol. The third kappa shape index (κ3) is 3.57. The summed E-state index contributed by atoms with van der Waals surface area (Å²) in [6.45, 7) is 0.531. The zero-order valence-corrected chi connectivity index (χ0v) is 12.4. The van der Waals surface area contributed by atoms with Crippen LogP contribution < -0.4 is 5.32 Å². The van der Waals surface area contributed by atoms with Crippen LogP contribution in [0.2, 0.25) is 0 Å². The highest BCUT2D eigenvalue weighted by Gasteiger charge is 2.05. The Labute approximate surface area is 124 Å². The van der Waals surface area contributed by atoms with E-state index >= 15 is 0 Å². The fourth-order valence-corrected chi connectivity index (χ4v) is 2.15. The van der Waals surface area contributed by atoms with Crippen LogP contribution in [0.15, 0.2) is 46.9 Å². The van der Waals surface area contributed by atoms with Gasteiger partial charge in [0.15, 0.2) is 0 Å². The van der Waals surface area contributed by atoms with Gasteiger partial charge in [-0.15, -0.1) is 0 Å². The van der Waals surface area contributed by atoms with Crippen LogP contribution in [0.3, 0.4) is 0 Å². The molecule has 0 atom stereocenters. The molecule has 0 heterocycles. The number of rotatable bonds is 4. The van der Waals surface area contributed by atoms with Crippen molar-refractivity contribution >= 4 is 27.6 Å². The number of methoxy groups -OCH3 is 1. The van der Waals surface area contributed by atoms with Gasteiger partial charge < -0.3 is 10.1 Å². The summed E-state index contributed by atoms with van der Waals surface area (Å²) in [6, 6.07) is 11.9. The van der Waals surface area contributed by atoms with E-state index < -0.39 is 0 Å². The summed E-state index contributed by atoms with van der Waals surface area (Å²) in [4.78, 5) is 11.4. The van der Waals surface area contributed by atoms with Gasteiger partial charge >= 0.3 is 5.97 Å². The Hall–Kier alpha value is -1.88. The van der Waals surface area contributed by atoms with E-state index in [2.05, 4.69) is 26.0 Å². The van der Waals surface area contributed by atoms with Crippen molar-refractivity contribution in [2.24, 2.45) is 0 Å². The monoisotopic (exact) mass is 337 g/mol. The van der Waals surface area contributed by atoms with Crippen LogP contribution in [0.4, 0.5) is 10.1 Å². The first kappa shape index (κ1) is 14.5. The van der Waals surface area contributed by atoms with Crippen molar-refractivity contribution < 1.29 is 13.9 Å². The molecule has 0 aliphatic rings. The van der Waals surface area contributed by atoms with Crippen molar-refractivity contribution in [2.45, 2.75) is 6.54 Å². The molecule has 0 bridgehead atoms. The predicted molar refractivity (Wildman–Crippen MR) is 79.2 cm³/mol. The third-order valence-corrected chi connectivity index (χ3v) is 3.37. The minimum Gasteiger partial charge on any atom is -0.465 e. The summed E-state index contributed by atoms with van der Waals surface area (Å²) in [5, 5.41) is 3.18. The Morgan fingerprint density at radius 1 is 1.30 bits per heavy atom. The molecule has 20 heavy (non-hydrogen) atoms. The minimum absolute atomic E-state index is 0.290. The van der Waals surface area contributed by atoms with Crippen LogP contribution >= 0.6 is 15.9 Å². The topological polar surface area (TPSA) is 38.3 Å². The molecule has 0 radical (unpaired) electrons. The summed E-state index contributed by atoms with van der Waals surface area (Å²) in [5.74, 6) is -0.667. The molecular weight excluding hydrogens is 325 g/mol. The average Bonchev–Trinajstić information content (AvgIpc) is 2.48. The maximum Gasteiger partial charge on any atom is 0.337 e. The normalized spacial score (nSPS) is 10.2. The summed E-state index contributed by atoms with van der Waals surface area (Å²) < 4.78 is 18.2. The Bertz CT molecular complexity index is 631. The van der Waals surface area contributed by atoms with Crippen LogP contribution in [0.25, 0.3) is 0 Å². The van der Waals surface area contributed by atoms with Gasteiger partial charge in [0.25, 0.3) is 0 Å². The molecular formula is C15H13BrFNO2. The number of nitrogens with one attached hydrogen (secondary N) is 1. The van der Waals surface area contributed by atoms with Crippen molar-refractivity contribution in [3.8, 4) is 0 Å². The van der Waals surface area contributed by atoms with Gasteiger partial charge in [0.2, 0.25) is 0 Å². The highest BCUT2D eigenvalue weighted by Crippen LogP contribution is 2.18. The molecule has 0 saturated carbocycles. The number of benzene rings is 2. The largest absolute Gasteiger partial charge is 0.465 e. The van der Waals surface area contributed by atoms with E-state index in [1.165, 1.54) is 13.2 Å². The van der Waals surface area contributed by atoms with E-state index in [9.17, 15) is 9.18 Å². The second kappa shape index (κ2) is 6.52. The number of carbonyl (C=O) groups is 1. The van der Waals surface area contributed by atoms with Gasteiger partial charge in [-0.1, -0.05) is 12.1 Å². The first-order chi connectivity index (χ1) is 9.60. The fourth-order valence-electron chi connectivity index (χ4n) is 1.73. The first-order valence-corrected chi connectivity index (χ1v) is 6.75. The summed E-state index contributed by atoms with van der Waals surface area (Å²) >= 11 is 3.15. The van der Waals surface area contributed by atoms with Crippen molar-refractivity contribution in [2.75, 3.05) is 12.4 Å². The highest BCUT2D eigenvalue weighted by atomic mass is 79.9. The SMILES string of the molecule is COC(=O)c1cccc(NCc2ccc(F)c(Br)c2)c1. The van der Waals surface area contributed by atoms with Gasteiger partial charge in [-0.05, 0) is 51.8 Å². The molecule has 2 aromatic carbocycles. The van der Waals surface area contributed by atoms with Crippen molar-refractivity contribution in [3.63, 3.8) is 0 Å². The lowest BCUT2D eigenvalue weighted by Gasteiger charge is -2.08. The molecule has 0 fully saturated rings. The van der Waals surface area contributed by atoms with Crippen LogP contribution in [0, 0.1) is 5.82 Å². The molecule has 0 spiro atoms. The lowest BCUT2D eigenvalue weighted by Crippen LogP contribution is -2.04. The molecule has 2 rings (SSSR count). The van der Waals surface area contributed by atoms with E-state index in [0.29, 0.717) is 16.6 Å². The van der Waals surface area contributed by atoms with Crippen molar-refractivity contribution in [3.05, 3.63) is 63.9 Å². The van der Waals surface area contributed by atoms with Gasteiger partial charge in [0.1, 0.15) is 5.82 Å². The zero-order chi connectivity index (χ0) is 14.5. The van der Waals surface area contributed by atoms with Crippen LogP contribution in [-0.4, -0.2) is 13.1 Å². The number of hydrogen-bond donors (Lipinski definition) is 1. The van der Waals surface area contributed by atoms with Gasteiger partial charge in [0.05, 0.1) is 17.1 Å². The second-order valence-corrected chi connectivity index (χ2v) is 5.03. The van der Waals surface area contributed by atoms with Crippen LogP contribution in [0.5, 0.6) is 0 Å². The molecule has 0 amide bonds. The Morgan fingerprint density at radius 2 is 2.10 bits per heavy atom. The molecule has 0 saturated heterocycles. The third-order valence-electron chi connectivity index (χ3n) is 2.76. The first-order valence-electron chi connectivity index (χ1n) is 5.96. The van der Waals surface area contributed by atoms with Gasteiger partial charge in [-0.3, -0.25) is 0 Å².